The van der Waals surface area contributed by atoms with E-state index in [2.05, 4.69) is 3.73 Å². The molecule has 1 atom stereocenters. The van der Waals surface area contributed by atoms with E-state index in [1.807, 2.05) is 0 Å². The van der Waals surface area contributed by atoms with Gasteiger partial charge in [-0.15, -0.1) is 0 Å². The molecule has 1 unspecified atom stereocenters. The predicted molar refractivity (Wildman–Crippen MR) is 27.3 cm³/mol. The van der Waals surface area contributed by atoms with Crippen LogP contribution in [0.5, 0.6) is 0 Å². The second-order valence-electron chi connectivity index (χ2n) is 0.986. The van der Waals surface area contributed by atoms with Crippen molar-refractivity contribution in [3.8, 4) is 0 Å². The maximum Gasteiger partial charge on any atom is 0 e. The molecular formula is C2H7AsNaO3. The molecule has 0 aliphatic rings. The molecule has 0 saturated heterocycles. The van der Waals surface area contributed by atoms with Crippen LogP contribution in [0.3, 0.4) is 0 Å². The Labute approximate surface area is 67.7 Å². The van der Waals surface area contributed by atoms with Crippen molar-refractivity contribution in [2.45, 2.75) is 5.71 Å². The average Bonchev–Trinajstić information content (AvgIpc) is 1.35. The SMILES string of the molecule is CO[As](C)(=O)O.[Na]. The van der Waals surface area contributed by atoms with Gasteiger partial charge in [0.25, 0.3) is 0 Å². The average molecular weight is 177 g/mol. The third-order valence-electron chi connectivity index (χ3n) is 0.339. The van der Waals surface area contributed by atoms with Crippen molar-refractivity contribution in [1.29, 1.82) is 0 Å². The van der Waals surface area contributed by atoms with Crippen LogP contribution in [0.2, 0.25) is 5.71 Å². The summed E-state index contributed by atoms with van der Waals surface area (Å²) in [6.07, 6.45) is 0. The minimum absolute atomic E-state index is 0. The fourth-order valence-electron chi connectivity index (χ4n) is 0. The maximum atomic E-state index is 9.98. The minimum atomic E-state index is -3.66. The van der Waals surface area contributed by atoms with Gasteiger partial charge >= 0.3 is 38.6 Å². The molecule has 0 amide bonds. The molecule has 0 heterocycles. The van der Waals surface area contributed by atoms with Crippen molar-refractivity contribution in [2.75, 3.05) is 7.11 Å². The van der Waals surface area contributed by atoms with Gasteiger partial charge < -0.3 is 0 Å². The zero-order chi connectivity index (χ0) is 5.21. The fourth-order valence-corrected chi connectivity index (χ4v) is 0. The van der Waals surface area contributed by atoms with Crippen LogP contribution in [-0.4, -0.2) is 54.9 Å². The monoisotopic (exact) mass is 177 g/mol. The molecule has 3 nitrogen and oxygen atoms in total. The van der Waals surface area contributed by atoms with Gasteiger partial charge in [-0.25, -0.2) is 0 Å². The smallest absolute Gasteiger partial charge is 0 e. The molecule has 0 aromatic carbocycles. The van der Waals surface area contributed by atoms with Crippen molar-refractivity contribution < 1.29 is 11.6 Å². The Kier molecular flexibility index (Phi) is 6.65. The van der Waals surface area contributed by atoms with Crippen molar-refractivity contribution in [2.24, 2.45) is 0 Å². The maximum absolute atomic E-state index is 9.98. The predicted octanol–water partition coefficient (Wildman–Crippen LogP) is -0.757. The van der Waals surface area contributed by atoms with Crippen LogP contribution in [0.1, 0.15) is 0 Å². The van der Waals surface area contributed by atoms with E-state index in [0.29, 0.717) is 0 Å². The second kappa shape index (κ2) is 4.19. The molecule has 0 saturated carbocycles. The van der Waals surface area contributed by atoms with Gasteiger partial charge in [0.15, 0.2) is 0 Å². The third kappa shape index (κ3) is 11.1. The quantitative estimate of drug-likeness (QED) is 0.535. The number of rotatable bonds is 1. The van der Waals surface area contributed by atoms with E-state index in [1.165, 1.54) is 12.8 Å². The molecule has 0 aromatic heterocycles. The molecular weight excluding hydrogens is 170 g/mol. The van der Waals surface area contributed by atoms with E-state index in [4.69, 9.17) is 4.10 Å². The summed E-state index contributed by atoms with van der Waals surface area (Å²) in [6, 6.07) is 0. The van der Waals surface area contributed by atoms with Crippen LogP contribution in [0.15, 0.2) is 0 Å². The van der Waals surface area contributed by atoms with Crippen molar-refractivity contribution >= 4 is 43.7 Å². The molecule has 0 rings (SSSR count). The Hall–Kier alpha value is 1.28. The van der Waals surface area contributed by atoms with E-state index >= 15 is 0 Å². The van der Waals surface area contributed by atoms with Gasteiger partial charge in [-0.1, -0.05) is 0 Å². The van der Waals surface area contributed by atoms with Crippen LogP contribution in [0.25, 0.3) is 0 Å². The van der Waals surface area contributed by atoms with Gasteiger partial charge in [-0.05, 0) is 0 Å². The van der Waals surface area contributed by atoms with Crippen LogP contribution >= 0.6 is 0 Å². The fraction of sp³-hybridized carbons (Fsp3) is 1.00. The first-order chi connectivity index (χ1) is 2.56. The molecule has 0 aliphatic carbocycles. The summed E-state index contributed by atoms with van der Waals surface area (Å²) in [5.74, 6) is 0. The molecule has 1 N–H and O–H groups in total. The first-order valence-electron chi connectivity index (χ1n) is 1.42. The molecule has 39 valence electrons. The third-order valence-corrected chi connectivity index (χ3v) is 1.76. The van der Waals surface area contributed by atoms with Gasteiger partial charge in [-0.2, -0.15) is 0 Å². The van der Waals surface area contributed by atoms with E-state index in [1.54, 1.807) is 0 Å². The second-order valence-corrected chi connectivity index (χ2v) is 5.12. The van der Waals surface area contributed by atoms with Crippen LogP contribution < -0.4 is 0 Å². The summed E-state index contributed by atoms with van der Waals surface area (Å²) >= 11 is -3.66. The summed E-state index contributed by atoms with van der Waals surface area (Å²) in [5.41, 5.74) is 1.19. The van der Waals surface area contributed by atoms with Crippen LogP contribution in [0.4, 0.5) is 0 Å². The Balaban J connectivity index is 0. The van der Waals surface area contributed by atoms with Gasteiger partial charge in [-0.3, -0.25) is 0 Å². The Morgan fingerprint density at radius 2 is 1.86 bits per heavy atom. The molecule has 0 spiro atoms. The van der Waals surface area contributed by atoms with Gasteiger partial charge in [0, 0.05) is 29.6 Å². The van der Waals surface area contributed by atoms with Crippen molar-refractivity contribution in [1.82, 2.24) is 0 Å². The van der Waals surface area contributed by atoms with Gasteiger partial charge in [0.1, 0.15) is 0 Å². The topological polar surface area (TPSA) is 46.5 Å². The van der Waals surface area contributed by atoms with Gasteiger partial charge in [0.2, 0.25) is 0 Å². The Bertz CT molecular complexity index is 77.0. The van der Waals surface area contributed by atoms with Crippen molar-refractivity contribution in [3.63, 3.8) is 0 Å². The van der Waals surface area contributed by atoms with Gasteiger partial charge in [0.05, 0.1) is 0 Å². The molecule has 0 aliphatic heterocycles. The normalized spacial score (nSPS) is 17.0. The van der Waals surface area contributed by atoms with Crippen molar-refractivity contribution in [3.05, 3.63) is 0 Å². The summed E-state index contributed by atoms with van der Waals surface area (Å²) in [5, 5.41) is 0. The number of hydrogen-bond acceptors (Lipinski definition) is 2. The summed E-state index contributed by atoms with van der Waals surface area (Å²) in [4.78, 5) is 0. The molecule has 0 bridgehead atoms. The Morgan fingerprint density at radius 3 is 1.86 bits per heavy atom. The van der Waals surface area contributed by atoms with Crippen LogP contribution in [0, 0.1) is 0 Å². The minimum Gasteiger partial charge on any atom is 0 e. The molecule has 0 aromatic rings. The summed E-state index contributed by atoms with van der Waals surface area (Å²) in [6.45, 7) is 0. The largest absolute Gasteiger partial charge is 0 e. The van der Waals surface area contributed by atoms with E-state index in [0.717, 1.165) is 0 Å². The first-order valence-corrected chi connectivity index (χ1v) is 5.67. The molecule has 7 heavy (non-hydrogen) atoms. The molecule has 1 radical (unpaired) electrons. The Morgan fingerprint density at radius 1 is 1.71 bits per heavy atom. The van der Waals surface area contributed by atoms with Crippen LogP contribution in [-0.2, 0) is 7.47 Å². The van der Waals surface area contributed by atoms with E-state index < -0.39 is 14.2 Å². The number of hydrogen-bond donors (Lipinski definition) is 1. The molecule has 5 heteroatoms. The zero-order valence-corrected chi connectivity index (χ0v) is 8.59. The summed E-state index contributed by atoms with van der Waals surface area (Å²) in [7, 11) is 1.22. The van der Waals surface area contributed by atoms with E-state index in [9.17, 15) is 3.74 Å². The summed E-state index contributed by atoms with van der Waals surface area (Å²) < 4.78 is 22.3. The standard InChI is InChI=1S/C2H7AsO3.Na/c1-3(4,5)6-2;/h1-2H3,(H,4,5);. The molecule has 0 fully saturated rings. The van der Waals surface area contributed by atoms with E-state index in [-0.39, 0.29) is 29.6 Å². The zero-order valence-electron chi connectivity index (χ0n) is 4.71. The first kappa shape index (κ1) is 11.1.